The van der Waals surface area contributed by atoms with Gasteiger partial charge in [0.15, 0.2) is 0 Å². The minimum atomic E-state index is -0.736. The van der Waals surface area contributed by atoms with Crippen LogP contribution in [0, 0.1) is 21.8 Å². The smallest absolute Gasteiger partial charge is 0.270 e. The molecule has 0 spiro atoms. The topological polar surface area (TPSA) is 72.2 Å². The van der Waals surface area contributed by atoms with E-state index in [0.717, 1.165) is 50.3 Å². The molecule has 21 heavy (non-hydrogen) atoms. The third-order valence-electron chi connectivity index (χ3n) is 4.00. The van der Waals surface area contributed by atoms with Gasteiger partial charge in [0.1, 0.15) is 5.82 Å². The molecule has 0 bridgehead atoms. The van der Waals surface area contributed by atoms with Gasteiger partial charge in [-0.05, 0) is 31.2 Å². The fourth-order valence-electron chi connectivity index (χ4n) is 2.70. The summed E-state index contributed by atoms with van der Waals surface area (Å²) >= 11 is 0. The first-order valence-corrected chi connectivity index (χ1v) is 7.22. The Morgan fingerprint density at radius 1 is 1.33 bits per heavy atom. The number of hydrogen-bond acceptors (Lipinski definition) is 3. The van der Waals surface area contributed by atoms with Crippen LogP contribution in [0.4, 0.5) is 10.1 Å². The highest BCUT2D eigenvalue weighted by Crippen LogP contribution is 2.23. The quantitative estimate of drug-likeness (QED) is 0.527. The second kappa shape index (κ2) is 6.65. The average molecular weight is 294 g/mol. The zero-order valence-corrected chi connectivity index (χ0v) is 12.0. The molecule has 1 aliphatic rings. The van der Waals surface area contributed by atoms with E-state index in [1.165, 1.54) is 0 Å². The number of nitrogens with zero attached hydrogens (tertiary/aromatic N) is 1. The van der Waals surface area contributed by atoms with Crippen LogP contribution < -0.4 is 5.32 Å². The maximum atomic E-state index is 13.7. The van der Waals surface area contributed by atoms with E-state index in [-0.39, 0.29) is 17.3 Å². The number of halogens is 1. The molecule has 0 radical (unpaired) electrons. The minimum Gasteiger partial charge on any atom is -0.349 e. The van der Waals surface area contributed by atoms with E-state index >= 15 is 0 Å². The fraction of sp³-hybridized carbons (Fsp3) is 0.533. The van der Waals surface area contributed by atoms with Crippen molar-refractivity contribution in [2.75, 3.05) is 0 Å². The van der Waals surface area contributed by atoms with Gasteiger partial charge in [0, 0.05) is 18.2 Å². The number of rotatable bonds is 3. The summed E-state index contributed by atoms with van der Waals surface area (Å²) in [5, 5.41) is 13.5. The summed E-state index contributed by atoms with van der Waals surface area (Å²) in [6.45, 7) is 2.18. The van der Waals surface area contributed by atoms with Gasteiger partial charge in [-0.25, -0.2) is 4.39 Å². The second-order valence-electron chi connectivity index (χ2n) is 5.71. The van der Waals surface area contributed by atoms with Gasteiger partial charge in [-0.2, -0.15) is 0 Å². The summed E-state index contributed by atoms with van der Waals surface area (Å²) in [4.78, 5) is 22.2. The third-order valence-corrected chi connectivity index (χ3v) is 4.00. The number of nitrogens with one attached hydrogen (secondary N) is 1. The van der Waals surface area contributed by atoms with Crippen molar-refractivity contribution in [3.8, 4) is 0 Å². The predicted octanol–water partition coefficient (Wildman–Crippen LogP) is 3.43. The number of non-ortho nitro benzene ring substituents is 1. The van der Waals surface area contributed by atoms with Gasteiger partial charge in [-0.1, -0.05) is 19.8 Å². The molecule has 2 atom stereocenters. The number of hydrogen-bond donors (Lipinski definition) is 1. The minimum absolute atomic E-state index is 0.0149. The summed E-state index contributed by atoms with van der Waals surface area (Å²) in [6.07, 6.45) is 4.93. The molecule has 6 heteroatoms. The zero-order chi connectivity index (χ0) is 15.4. The monoisotopic (exact) mass is 294 g/mol. The van der Waals surface area contributed by atoms with E-state index in [1.54, 1.807) is 0 Å². The molecule has 0 aromatic heterocycles. The maximum absolute atomic E-state index is 13.7. The molecule has 0 aliphatic heterocycles. The molecular formula is C15H19FN2O3. The van der Waals surface area contributed by atoms with Crippen molar-refractivity contribution >= 4 is 11.6 Å². The maximum Gasteiger partial charge on any atom is 0.270 e. The number of carbonyl (C=O) groups is 1. The van der Waals surface area contributed by atoms with Crippen LogP contribution in [0.15, 0.2) is 18.2 Å². The molecule has 1 N–H and O–H groups in total. The Balaban J connectivity index is 2.09. The molecule has 1 saturated carbocycles. The molecule has 1 fully saturated rings. The molecule has 0 saturated heterocycles. The summed E-state index contributed by atoms with van der Waals surface area (Å²) in [6, 6.07) is 3.02. The van der Waals surface area contributed by atoms with Gasteiger partial charge in [0.25, 0.3) is 11.6 Å². The van der Waals surface area contributed by atoms with Crippen molar-refractivity contribution in [2.24, 2.45) is 5.92 Å². The van der Waals surface area contributed by atoms with E-state index in [1.807, 2.05) is 0 Å². The molecule has 0 heterocycles. The van der Waals surface area contributed by atoms with Crippen LogP contribution in [-0.4, -0.2) is 16.9 Å². The van der Waals surface area contributed by atoms with Crippen LogP contribution in [0.5, 0.6) is 0 Å². The van der Waals surface area contributed by atoms with Gasteiger partial charge in [-0.15, -0.1) is 0 Å². The molecule has 1 aliphatic carbocycles. The third kappa shape index (κ3) is 4.00. The van der Waals surface area contributed by atoms with Crippen molar-refractivity contribution < 1.29 is 14.1 Å². The normalized spacial score (nSPS) is 22.4. The van der Waals surface area contributed by atoms with Crippen LogP contribution in [0.2, 0.25) is 0 Å². The van der Waals surface area contributed by atoms with E-state index in [0.29, 0.717) is 5.92 Å². The number of amides is 1. The molecule has 1 amide bonds. The Hall–Kier alpha value is -1.98. The van der Waals surface area contributed by atoms with Gasteiger partial charge >= 0.3 is 0 Å². The Labute approximate surface area is 122 Å². The van der Waals surface area contributed by atoms with E-state index in [4.69, 9.17) is 0 Å². The van der Waals surface area contributed by atoms with Crippen LogP contribution in [0.1, 0.15) is 49.4 Å². The Bertz CT molecular complexity index is 548. The number of carbonyl (C=O) groups excluding carboxylic acids is 1. The van der Waals surface area contributed by atoms with Crippen LogP contribution in [0.25, 0.3) is 0 Å². The summed E-state index contributed by atoms with van der Waals surface area (Å²) < 4.78 is 13.7. The highest BCUT2D eigenvalue weighted by molar-refractivity contribution is 5.95. The lowest BCUT2D eigenvalue weighted by Gasteiger charge is -2.16. The molecule has 5 nitrogen and oxygen atoms in total. The van der Waals surface area contributed by atoms with E-state index in [2.05, 4.69) is 12.2 Å². The van der Waals surface area contributed by atoms with Gasteiger partial charge in [0.2, 0.25) is 0 Å². The van der Waals surface area contributed by atoms with Crippen molar-refractivity contribution in [2.45, 2.75) is 45.1 Å². The van der Waals surface area contributed by atoms with Crippen LogP contribution in [-0.2, 0) is 0 Å². The first kappa shape index (κ1) is 15.4. The molecule has 1 aromatic rings. The molecular weight excluding hydrogens is 275 g/mol. The average Bonchev–Trinajstić information content (AvgIpc) is 2.64. The van der Waals surface area contributed by atoms with Gasteiger partial charge in [0.05, 0.1) is 10.5 Å². The highest BCUT2D eigenvalue weighted by Gasteiger charge is 2.21. The predicted molar refractivity (Wildman–Crippen MR) is 76.6 cm³/mol. The second-order valence-corrected chi connectivity index (χ2v) is 5.71. The first-order chi connectivity index (χ1) is 9.97. The lowest BCUT2D eigenvalue weighted by atomic mass is 10.0. The lowest BCUT2D eigenvalue weighted by molar-refractivity contribution is -0.384. The SMILES string of the molecule is CC1CCCC(NC(=O)c2cc([N+](=O)[O-])ccc2F)CC1. The largest absolute Gasteiger partial charge is 0.349 e. The standard InChI is InChI=1S/C15H19FN2O3/c1-10-3-2-4-11(6-5-10)17-15(19)13-9-12(18(20)21)7-8-14(13)16/h7-11H,2-6H2,1H3,(H,17,19). The van der Waals surface area contributed by atoms with E-state index < -0.39 is 16.6 Å². The lowest BCUT2D eigenvalue weighted by Crippen LogP contribution is -2.35. The van der Waals surface area contributed by atoms with Crippen LogP contribution in [0.3, 0.4) is 0 Å². The number of nitro groups is 1. The Morgan fingerprint density at radius 2 is 2.10 bits per heavy atom. The summed E-state index contributed by atoms with van der Waals surface area (Å²) in [5.41, 5.74) is -0.544. The Morgan fingerprint density at radius 3 is 2.81 bits per heavy atom. The van der Waals surface area contributed by atoms with Crippen LogP contribution >= 0.6 is 0 Å². The van der Waals surface area contributed by atoms with Gasteiger partial charge in [-0.3, -0.25) is 14.9 Å². The van der Waals surface area contributed by atoms with Gasteiger partial charge < -0.3 is 5.32 Å². The van der Waals surface area contributed by atoms with Crippen molar-refractivity contribution in [1.29, 1.82) is 0 Å². The molecule has 114 valence electrons. The van der Waals surface area contributed by atoms with Crippen molar-refractivity contribution in [1.82, 2.24) is 5.32 Å². The fourth-order valence-corrected chi connectivity index (χ4v) is 2.70. The number of benzene rings is 1. The van der Waals surface area contributed by atoms with E-state index in [9.17, 15) is 19.3 Å². The zero-order valence-electron chi connectivity index (χ0n) is 12.0. The molecule has 2 rings (SSSR count). The Kier molecular flexibility index (Phi) is 4.88. The summed E-state index contributed by atoms with van der Waals surface area (Å²) in [5.74, 6) is -0.669. The van der Waals surface area contributed by atoms with Crippen molar-refractivity contribution in [3.63, 3.8) is 0 Å². The molecule has 2 unspecified atom stereocenters. The summed E-state index contributed by atoms with van der Waals surface area (Å²) in [7, 11) is 0. The molecule has 1 aromatic carbocycles. The first-order valence-electron chi connectivity index (χ1n) is 7.22. The number of nitro benzene ring substituents is 1. The highest BCUT2D eigenvalue weighted by atomic mass is 19.1. The van der Waals surface area contributed by atoms with Crippen molar-refractivity contribution in [3.05, 3.63) is 39.7 Å².